The molecule has 1 atom stereocenters. The summed E-state index contributed by atoms with van der Waals surface area (Å²) in [4.78, 5) is 27.8. The summed E-state index contributed by atoms with van der Waals surface area (Å²) in [5.74, 6) is 1.66. The highest BCUT2D eigenvalue weighted by molar-refractivity contribution is 5.77. The van der Waals surface area contributed by atoms with Gasteiger partial charge < -0.3 is 14.7 Å². The second-order valence-corrected chi connectivity index (χ2v) is 6.69. The van der Waals surface area contributed by atoms with Crippen molar-refractivity contribution in [3.8, 4) is 0 Å². The lowest BCUT2D eigenvalue weighted by Crippen LogP contribution is -2.48. The number of fused-ring (bicyclic) bond motifs is 1. The molecule has 1 amide bonds. The van der Waals surface area contributed by atoms with Crippen molar-refractivity contribution >= 4 is 22.8 Å². The maximum Gasteiger partial charge on any atom is 0.223 e. The van der Waals surface area contributed by atoms with Crippen molar-refractivity contribution in [2.24, 2.45) is 0 Å². The minimum Gasteiger partial charge on any atom is -0.352 e. The maximum absolute atomic E-state index is 11.8. The van der Waals surface area contributed by atoms with Crippen LogP contribution < -0.4 is 10.2 Å². The summed E-state index contributed by atoms with van der Waals surface area (Å²) in [5, 5.41) is 7.09. The van der Waals surface area contributed by atoms with E-state index >= 15 is 0 Å². The van der Waals surface area contributed by atoms with Gasteiger partial charge in [-0.1, -0.05) is 17.3 Å². The molecule has 1 aromatic carbocycles. The molecule has 0 aliphatic carbocycles. The van der Waals surface area contributed by atoms with Crippen molar-refractivity contribution in [1.82, 2.24) is 25.4 Å². The van der Waals surface area contributed by atoms with Gasteiger partial charge in [-0.2, -0.15) is 4.98 Å². The van der Waals surface area contributed by atoms with E-state index in [2.05, 4.69) is 25.3 Å². The average Bonchev–Trinajstić information content (AvgIpc) is 3.21. The van der Waals surface area contributed by atoms with Crippen molar-refractivity contribution in [2.45, 2.75) is 32.7 Å². The Bertz CT molecular complexity index is 985. The Morgan fingerprint density at radius 1 is 1.19 bits per heavy atom. The van der Waals surface area contributed by atoms with Gasteiger partial charge in [-0.3, -0.25) is 4.79 Å². The van der Waals surface area contributed by atoms with Crippen LogP contribution in [0.1, 0.15) is 30.8 Å². The zero-order chi connectivity index (χ0) is 18.3. The second kappa shape index (κ2) is 6.05. The van der Waals surface area contributed by atoms with E-state index < -0.39 is 5.54 Å². The molecule has 1 saturated heterocycles. The first-order valence-electron chi connectivity index (χ1n) is 8.55. The predicted molar refractivity (Wildman–Crippen MR) is 95.6 cm³/mol. The Kier molecular flexibility index (Phi) is 3.82. The number of nitrogens with one attached hydrogen (secondary N) is 1. The molecule has 1 fully saturated rings. The predicted octanol–water partition coefficient (Wildman–Crippen LogP) is 1.87. The summed E-state index contributed by atoms with van der Waals surface area (Å²) in [7, 11) is 0. The summed E-state index contributed by atoms with van der Waals surface area (Å²) < 4.78 is 5.15. The fourth-order valence-corrected chi connectivity index (χ4v) is 3.54. The average molecular weight is 352 g/mol. The molecular formula is C18H20N6O2. The fraction of sp³-hybridized carbons (Fsp3) is 0.389. The molecule has 0 unspecified atom stereocenters. The Balaban J connectivity index is 1.72. The first-order valence-corrected chi connectivity index (χ1v) is 8.55. The molecule has 0 bridgehead atoms. The molecule has 0 spiro atoms. The van der Waals surface area contributed by atoms with Gasteiger partial charge in [0.2, 0.25) is 11.8 Å². The van der Waals surface area contributed by atoms with Crippen molar-refractivity contribution in [1.29, 1.82) is 0 Å². The molecule has 1 N–H and O–H groups in total. The first kappa shape index (κ1) is 16.4. The lowest BCUT2D eigenvalue weighted by atomic mass is 9.97. The van der Waals surface area contributed by atoms with Crippen LogP contribution in [0.25, 0.3) is 11.0 Å². The van der Waals surface area contributed by atoms with Gasteiger partial charge in [-0.05, 0) is 25.5 Å². The third-order valence-corrected chi connectivity index (χ3v) is 4.66. The fourth-order valence-electron chi connectivity index (χ4n) is 3.54. The van der Waals surface area contributed by atoms with Crippen LogP contribution in [-0.2, 0) is 10.3 Å². The molecule has 3 heterocycles. The van der Waals surface area contributed by atoms with E-state index in [1.165, 1.54) is 6.92 Å². The molecule has 3 aromatic rings. The highest BCUT2D eigenvalue weighted by Crippen LogP contribution is 2.34. The number of aromatic nitrogens is 4. The Morgan fingerprint density at radius 2 is 1.92 bits per heavy atom. The molecule has 0 saturated carbocycles. The third kappa shape index (κ3) is 2.77. The lowest BCUT2D eigenvalue weighted by molar-refractivity contribution is -0.120. The van der Waals surface area contributed by atoms with E-state index in [0.29, 0.717) is 31.2 Å². The van der Waals surface area contributed by atoms with Crippen LogP contribution >= 0.6 is 0 Å². The molecule has 4 rings (SSSR count). The standard InChI is InChI=1S/C18H20N6O2/c1-11-16(21-15-7-5-4-6-14(15)19-11)24-9-8-18(10-24,22-12(2)25)17-20-13(3)26-23-17/h4-7H,8-10H2,1-3H3,(H,22,25)/t18-/m0/s1. The Morgan fingerprint density at radius 3 is 2.58 bits per heavy atom. The molecule has 1 aliphatic heterocycles. The largest absolute Gasteiger partial charge is 0.352 e. The van der Waals surface area contributed by atoms with Crippen molar-refractivity contribution < 1.29 is 9.32 Å². The molecule has 2 aromatic heterocycles. The summed E-state index contributed by atoms with van der Waals surface area (Å²) in [5.41, 5.74) is 1.88. The van der Waals surface area contributed by atoms with E-state index in [9.17, 15) is 4.79 Å². The van der Waals surface area contributed by atoms with E-state index in [1.54, 1.807) is 6.92 Å². The van der Waals surface area contributed by atoms with Gasteiger partial charge in [0.25, 0.3) is 0 Å². The van der Waals surface area contributed by atoms with Crippen LogP contribution in [0.15, 0.2) is 28.8 Å². The Labute approximate surface area is 150 Å². The number of carbonyl (C=O) groups is 1. The minimum absolute atomic E-state index is 0.129. The summed E-state index contributed by atoms with van der Waals surface area (Å²) >= 11 is 0. The van der Waals surface area contributed by atoms with Gasteiger partial charge in [-0.15, -0.1) is 0 Å². The summed E-state index contributed by atoms with van der Waals surface area (Å²) in [6.07, 6.45) is 0.666. The number of hydrogen-bond donors (Lipinski definition) is 1. The molecule has 134 valence electrons. The highest BCUT2D eigenvalue weighted by atomic mass is 16.5. The van der Waals surface area contributed by atoms with Crippen molar-refractivity contribution in [2.75, 3.05) is 18.0 Å². The summed E-state index contributed by atoms with van der Waals surface area (Å²) in [6.45, 7) is 6.41. The van der Waals surface area contributed by atoms with Gasteiger partial charge in [0.1, 0.15) is 5.54 Å². The van der Waals surface area contributed by atoms with E-state index in [-0.39, 0.29) is 5.91 Å². The Hall–Kier alpha value is -3.03. The number of nitrogens with zero attached hydrogens (tertiary/aromatic N) is 5. The third-order valence-electron chi connectivity index (χ3n) is 4.66. The minimum atomic E-state index is -0.691. The van der Waals surface area contributed by atoms with Crippen LogP contribution in [0.2, 0.25) is 0 Å². The van der Waals surface area contributed by atoms with Crippen LogP contribution in [0.4, 0.5) is 5.82 Å². The number of anilines is 1. The van der Waals surface area contributed by atoms with Gasteiger partial charge in [0.05, 0.1) is 23.3 Å². The number of aryl methyl sites for hydroxylation is 2. The van der Waals surface area contributed by atoms with Gasteiger partial charge in [0, 0.05) is 20.4 Å². The SMILES string of the molecule is CC(=O)N[C@@]1(c2noc(C)n2)CCN(c2nc3ccccc3nc2C)C1. The zero-order valence-electron chi connectivity index (χ0n) is 15.0. The van der Waals surface area contributed by atoms with Gasteiger partial charge in [0.15, 0.2) is 11.6 Å². The summed E-state index contributed by atoms with van der Waals surface area (Å²) in [6, 6.07) is 7.80. The zero-order valence-corrected chi connectivity index (χ0v) is 15.0. The molecule has 1 aliphatic rings. The van der Waals surface area contributed by atoms with Gasteiger partial charge in [-0.25, -0.2) is 9.97 Å². The smallest absolute Gasteiger partial charge is 0.223 e. The van der Waals surface area contributed by atoms with Crippen LogP contribution in [0.5, 0.6) is 0 Å². The number of carbonyl (C=O) groups excluding carboxylic acids is 1. The number of para-hydroxylation sites is 2. The molecular weight excluding hydrogens is 332 g/mol. The number of amides is 1. The van der Waals surface area contributed by atoms with Crippen LogP contribution in [-0.4, -0.2) is 39.1 Å². The second-order valence-electron chi connectivity index (χ2n) is 6.69. The molecule has 26 heavy (non-hydrogen) atoms. The number of rotatable bonds is 3. The topological polar surface area (TPSA) is 97.0 Å². The van der Waals surface area contributed by atoms with Crippen molar-refractivity contribution in [3.05, 3.63) is 41.7 Å². The van der Waals surface area contributed by atoms with E-state index in [1.807, 2.05) is 31.2 Å². The van der Waals surface area contributed by atoms with Gasteiger partial charge >= 0.3 is 0 Å². The monoisotopic (exact) mass is 352 g/mol. The first-order chi connectivity index (χ1) is 12.5. The number of benzene rings is 1. The molecule has 0 radical (unpaired) electrons. The van der Waals surface area contributed by atoms with Crippen LogP contribution in [0.3, 0.4) is 0 Å². The van der Waals surface area contributed by atoms with E-state index in [0.717, 1.165) is 22.5 Å². The van der Waals surface area contributed by atoms with Crippen molar-refractivity contribution in [3.63, 3.8) is 0 Å². The maximum atomic E-state index is 11.8. The lowest BCUT2D eigenvalue weighted by Gasteiger charge is -2.27. The molecule has 8 nitrogen and oxygen atoms in total. The van der Waals surface area contributed by atoms with Crippen LogP contribution in [0, 0.1) is 13.8 Å². The number of hydrogen-bond acceptors (Lipinski definition) is 7. The van der Waals surface area contributed by atoms with E-state index in [4.69, 9.17) is 9.51 Å². The highest BCUT2D eigenvalue weighted by Gasteiger charge is 2.45. The quantitative estimate of drug-likeness (QED) is 0.768. The normalized spacial score (nSPS) is 19.9. The molecule has 8 heteroatoms.